The van der Waals surface area contributed by atoms with Crippen molar-refractivity contribution >= 4 is 11.8 Å². The molecule has 0 atom stereocenters. The zero-order valence-electron chi connectivity index (χ0n) is 16.2. The summed E-state index contributed by atoms with van der Waals surface area (Å²) in [5, 5.41) is 6.63. The summed E-state index contributed by atoms with van der Waals surface area (Å²) in [4.78, 5) is 25.9. The molecule has 0 aliphatic rings. The first-order valence-electron chi connectivity index (χ1n) is 8.58. The van der Waals surface area contributed by atoms with Crippen LogP contribution >= 0.6 is 0 Å². The van der Waals surface area contributed by atoms with Crippen LogP contribution in [0, 0.1) is 6.92 Å². The maximum Gasteiger partial charge on any atom is 0.258 e. The van der Waals surface area contributed by atoms with Gasteiger partial charge in [-0.15, -0.1) is 0 Å². The van der Waals surface area contributed by atoms with Crippen molar-refractivity contribution < 1.29 is 23.6 Å². The van der Waals surface area contributed by atoms with Crippen molar-refractivity contribution in [3.8, 4) is 11.5 Å². The van der Waals surface area contributed by atoms with Crippen LogP contribution in [0.25, 0.3) is 0 Å². The fourth-order valence-corrected chi connectivity index (χ4v) is 2.45. The van der Waals surface area contributed by atoms with Crippen LogP contribution in [-0.2, 0) is 11.3 Å². The SMILES string of the molecule is COc1cc(C(=O)N(C)Cc2cc(C)on2)ccc1OCC(=O)NC(C)C. The number of benzene rings is 1. The summed E-state index contributed by atoms with van der Waals surface area (Å²) in [6, 6.07) is 6.65. The van der Waals surface area contributed by atoms with Crippen LogP contribution in [0.2, 0.25) is 0 Å². The van der Waals surface area contributed by atoms with Gasteiger partial charge in [0.05, 0.1) is 13.7 Å². The molecular weight excluding hydrogens is 350 g/mol. The molecule has 1 N–H and O–H groups in total. The lowest BCUT2D eigenvalue weighted by Gasteiger charge is -2.17. The first-order chi connectivity index (χ1) is 12.8. The van der Waals surface area contributed by atoms with E-state index in [4.69, 9.17) is 14.0 Å². The maximum absolute atomic E-state index is 12.6. The molecule has 0 saturated heterocycles. The first kappa shape index (κ1) is 20.3. The minimum Gasteiger partial charge on any atom is -0.493 e. The van der Waals surface area contributed by atoms with E-state index in [1.165, 1.54) is 12.0 Å². The van der Waals surface area contributed by atoms with Crippen molar-refractivity contribution in [3.63, 3.8) is 0 Å². The van der Waals surface area contributed by atoms with Crippen molar-refractivity contribution in [2.75, 3.05) is 20.8 Å². The number of hydrogen-bond donors (Lipinski definition) is 1. The second-order valence-corrected chi connectivity index (χ2v) is 6.47. The van der Waals surface area contributed by atoms with E-state index >= 15 is 0 Å². The number of aromatic nitrogens is 1. The molecule has 0 unspecified atom stereocenters. The van der Waals surface area contributed by atoms with Gasteiger partial charge in [-0.05, 0) is 39.0 Å². The fraction of sp³-hybridized carbons (Fsp3) is 0.421. The molecule has 2 rings (SSSR count). The monoisotopic (exact) mass is 375 g/mol. The van der Waals surface area contributed by atoms with Gasteiger partial charge in [-0.3, -0.25) is 9.59 Å². The number of amides is 2. The van der Waals surface area contributed by atoms with Gasteiger partial charge in [-0.25, -0.2) is 0 Å². The molecule has 0 spiro atoms. The molecule has 0 saturated carbocycles. The minimum absolute atomic E-state index is 0.0343. The Hall–Kier alpha value is -3.03. The summed E-state index contributed by atoms with van der Waals surface area (Å²) in [6.07, 6.45) is 0. The molecule has 0 fully saturated rings. The predicted molar refractivity (Wildman–Crippen MR) is 98.8 cm³/mol. The summed E-state index contributed by atoms with van der Waals surface area (Å²) in [5.74, 6) is 1.04. The van der Waals surface area contributed by atoms with Gasteiger partial charge >= 0.3 is 0 Å². The number of ether oxygens (including phenoxy) is 2. The fourth-order valence-electron chi connectivity index (χ4n) is 2.45. The molecule has 1 aromatic heterocycles. The van der Waals surface area contributed by atoms with Crippen LogP contribution in [0.15, 0.2) is 28.8 Å². The number of rotatable bonds is 8. The van der Waals surface area contributed by atoms with Crippen LogP contribution in [-0.4, -0.2) is 48.7 Å². The molecular formula is C19H25N3O5. The Morgan fingerprint density at radius 1 is 1.26 bits per heavy atom. The molecule has 0 radical (unpaired) electrons. The van der Waals surface area contributed by atoms with E-state index in [1.807, 2.05) is 13.8 Å². The van der Waals surface area contributed by atoms with E-state index in [-0.39, 0.29) is 24.5 Å². The zero-order chi connectivity index (χ0) is 20.0. The number of carbonyl (C=O) groups excluding carboxylic acids is 2. The summed E-state index contributed by atoms with van der Waals surface area (Å²) in [6.45, 7) is 5.73. The highest BCUT2D eigenvalue weighted by Gasteiger charge is 2.17. The molecule has 8 heteroatoms. The Bertz CT molecular complexity index is 800. The summed E-state index contributed by atoms with van der Waals surface area (Å²) >= 11 is 0. The topological polar surface area (TPSA) is 93.9 Å². The van der Waals surface area contributed by atoms with Gasteiger partial charge < -0.3 is 24.2 Å². The second kappa shape index (κ2) is 9.07. The molecule has 27 heavy (non-hydrogen) atoms. The van der Waals surface area contributed by atoms with Crippen molar-refractivity contribution in [1.82, 2.24) is 15.4 Å². The van der Waals surface area contributed by atoms with E-state index in [0.29, 0.717) is 35.1 Å². The van der Waals surface area contributed by atoms with E-state index < -0.39 is 0 Å². The Labute approximate surface area is 158 Å². The Morgan fingerprint density at radius 3 is 2.59 bits per heavy atom. The lowest BCUT2D eigenvalue weighted by atomic mass is 10.1. The Morgan fingerprint density at radius 2 is 2.00 bits per heavy atom. The van der Waals surface area contributed by atoms with Crippen molar-refractivity contribution in [2.24, 2.45) is 0 Å². The average Bonchev–Trinajstić information content (AvgIpc) is 3.03. The summed E-state index contributed by atoms with van der Waals surface area (Å²) in [7, 11) is 3.16. The lowest BCUT2D eigenvalue weighted by molar-refractivity contribution is -0.123. The smallest absolute Gasteiger partial charge is 0.258 e. The molecule has 0 aliphatic carbocycles. The summed E-state index contributed by atoms with van der Waals surface area (Å²) in [5.41, 5.74) is 1.11. The van der Waals surface area contributed by atoms with E-state index in [2.05, 4.69) is 10.5 Å². The van der Waals surface area contributed by atoms with Gasteiger partial charge in [-0.2, -0.15) is 0 Å². The minimum atomic E-state index is -0.227. The number of carbonyl (C=O) groups is 2. The molecule has 0 aliphatic heterocycles. The Kier molecular flexibility index (Phi) is 6.81. The first-order valence-corrected chi connectivity index (χ1v) is 8.58. The highest BCUT2D eigenvalue weighted by Crippen LogP contribution is 2.28. The van der Waals surface area contributed by atoms with Crippen LogP contribution in [0.5, 0.6) is 11.5 Å². The van der Waals surface area contributed by atoms with Crippen LogP contribution < -0.4 is 14.8 Å². The molecule has 0 bridgehead atoms. The largest absolute Gasteiger partial charge is 0.493 e. The van der Waals surface area contributed by atoms with Crippen molar-refractivity contribution in [3.05, 3.63) is 41.3 Å². The van der Waals surface area contributed by atoms with Gasteiger partial charge in [0.15, 0.2) is 18.1 Å². The van der Waals surface area contributed by atoms with Crippen molar-refractivity contribution in [1.29, 1.82) is 0 Å². The quantitative estimate of drug-likeness (QED) is 0.760. The van der Waals surface area contributed by atoms with Gasteiger partial charge in [0, 0.05) is 24.7 Å². The highest BCUT2D eigenvalue weighted by molar-refractivity contribution is 5.94. The normalized spacial score (nSPS) is 10.6. The van der Waals surface area contributed by atoms with Crippen LogP contribution in [0.4, 0.5) is 0 Å². The highest BCUT2D eigenvalue weighted by atomic mass is 16.5. The van der Waals surface area contributed by atoms with Crippen LogP contribution in [0.3, 0.4) is 0 Å². The number of aryl methyl sites for hydroxylation is 1. The number of hydrogen-bond acceptors (Lipinski definition) is 6. The third-order valence-electron chi connectivity index (χ3n) is 3.64. The second-order valence-electron chi connectivity index (χ2n) is 6.47. The maximum atomic E-state index is 12.6. The predicted octanol–water partition coefficient (Wildman–Crippen LogP) is 2.17. The van der Waals surface area contributed by atoms with Gasteiger partial charge in [0.25, 0.3) is 11.8 Å². The van der Waals surface area contributed by atoms with Crippen molar-refractivity contribution in [2.45, 2.75) is 33.4 Å². The molecule has 146 valence electrons. The average molecular weight is 375 g/mol. The lowest BCUT2D eigenvalue weighted by Crippen LogP contribution is -2.34. The molecule has 2 aromatic rings. The van der Waals surface area contributed by atoms with E-state index in [0.717, 1.165) is 0 Å². The van der Waals surface area contributed by atoms with Gasteiger partial charge in [-0.1, -0.05) is 5.16 Å². The zero-order valence-corrected chi connectivity index (χ0v) is 16.2. The molecule has 1 aromatic carbocycles. The number of nitrogens with zero attached hydrogens (tertiary/aromatic N) is 2. The van der Waals surface area contributed by atoms with Gasteiger partial charge in [0.1, 0.15) is 11.5 Å². The molecule has 1 heterocycles. The molecule has 8 nitrogen and oxygen atoms in total. The van der Waals surface area contributed by atoms with Crippen LogP contribution in [0.1, 0.15) is 35.7 Å². The number of methoxy groups -OCH3 is 1. The summed E-state index contributed by atoms with van der Waals surface area (Å²) < 4.78 is 15.8. The third-order valence-corrected chi connectivity index (χ3v) is 3.64. The standard InChI is InChI=1S/C19H25N3O5/c1-12(2)20-18(23)11-26-16-7-6-14(9-17(16)25-5)19(24)22(4)10-15-8-13(3)27-21-15/h6-9,12H,10-11H2,1-5H3,(H,20,23). The Balaban J connectivity index is 2.05. The van der Waals surface area contributed by atoms with Gasteiger partial charge in [0.2, 0.25) is 0 Å². The molecule has 2 amide bonds. The van der Waals surface area contributed by atoms with E-state index in [1.54, 1.807) is 38.2 Å². The van der Waals surface area contributed by atoms with E-state index in [9.17, 15) is 9.59 Å². The number of nitrogens with one attached hydrogen (secondary N) is 1. The third kappa shape index (κ3) is 5.73.